The molecule has 0 saturated carbocycles. The second kappa shape index (κ2) is 12.2. The lowest BCUT2D eigenvalue weighted by Crippen LogP contribution is -2.39. The highest BCUT2D eigenvalue weighted by Crippen LogP contribution is 2.31. The monoisotopic (exact) mass is 479 g/mol. The fourth-order valence-electron chi connectivity index (χ4n) is 4.74. The third kappa shape index (κ3) is 6.39. The number of aliphatic hydroxyl groups is 1. The standard InChI is InChI=1S/C26H35Cl2NO3/c1-4-21-22(9-6-10-26(21)31-3)25(5-2)32-17-20(30)16-29-13-7-8-19(29)14-18-11-12-23(27)24(28)15-18/h6,9-12,15,19-20,25,30H,4-5,7-8,13-14,16-17H2,1-3H3/t19-,20+,25+/m0/s1. The second-order valence-electron chi connectivity index (χ2n) is 8.51. The van der Waals surface area contributed by atoms with Gasteiger partial charge in [-0.25, -0.2) is 0 Å². The van der Waals surface area contributed by atoms with E-state index in [1.807, 2.05) is 30.3 Å². The van der Waals surface area contributed by atoms with Gasteiger partial charge in [-0.1, -0.05) is 55.2 Å². The molecule has 0 bridgehead atoms. The normalized spacial score (nSPS) is 18.6. The predicted molar refractivity (Wildman–Crippen MR) is 132 cm³/mol. The Bertz CT molecular complexity index is 876. The van der Waals surface area contributed by atoms with Crippen molar-refractivity contribution in [2.45, 2.75) is 64.2 Å². The highest BCUT2D eigenvalue weighted by Gasteiger charge is 2.27. The summed E-state index contributed by atoms with van der Waals surface area (Å²) in [6.45, 7) is 6.17. The molecule has 1 saturated heterocycles. The van der Waals surface area contributed by atoms with Gasteiger partial charge in [-0.05, 0) is 73.5 Å². The lowest BCUT2D eigenvalue weighted by molar-refractivity contribution is -0.0251. The molecule has 2 aromatic carbocycles. The Kier molecular flexibility index (Phi) is 9.69. The largest absolute Gasteiger partial charge is 0.496 e. The fraction of sp³-hybridized carbons (Fsp3) is 0.538. The number of β-amino-alcohol motifs (C(OH)–C–C–N with tert-alkyl or cyclic N) is 1. The molecule has 176 valence electrons. The van der Waals surface area contributed by atoms with E-state index in [1.54, 1.807) is 7.11 Å². The van der Waals surface area contributed by atoms with Crippen LogP contribution in [-0.4, -0.2) is 49.0 Å². The molecule has 0 amide bonds. The smallest absolute Gasteiger partial charge is 0.122 e. The van der Waals surface area contributed by atoms with Crippen LogP contribution >= 0.6 is 23.2 Å². The summed E-state index contributed by atoms with van der Waals surface area (Å²) in [6, 6.07) is 12.3. The van der Waals surface area contributed by atoms with Gasteiger partial charge in [0.2, 0.25) is 0 Å². The highest BCUT2D eigenvalue weighted by atomic mass is 35.5. The number of nitrogens with zero attached hydrogens (tertiary/aromatic N) is 1. The van der Waals surface area contributed by atoms with Crippen LogP contribution in [0.4, 0.5) is 0 Å². The first kappa shape index (κ1) is 25.3. The van der Waals surface area contributed by atoms with Gasteiger partial charge in [-0.3, -0.25) is 4.90 Å². The van der Waals surface area contributed by atoms with E-state index in [2.05, 4.69) is 24.8 Å². The first-order valence-electron chi connectivity index (χ1n) is 11.6. The van der Waals surface area contributed by atoms with E-state index in [4.69, 9.17) is 32.7 Å². The lowest BCUT2D eigenvalue weighted by Gasteiger charge is -2.28. The molecule has 3 rings (SSSR count). The quantitative estimate of drug-likeness (QED) is 0.422. The van der Waals surface area contributed by atoms with Crippen molar-refractivity contribution >= 4 is 23.2 Å². The molecule has 0 unspecified atom stereocenters. The summed E-state index contributed by atoms with van der Waals surface area (Å²) in [5.41, 5.74) is 3.51. The van der Waals surface area contributed by atoms with Crippen LogP contribution in [0.1, 0.15) is 55.9 Å². The SMILES string of the molecule is CCc1c(OC)cccc1[C@@H](CC)OC[C@H](O)CN1CCC[C@H]1Cc1ccc(Cl)c(Cl)c1. The topological polar surface area (TPSA) is 41.9 Å². The highest BCUT2D eigenvalue weighted by molar-refractivity contribution is 6.42. The molecule has 1 N–H and O–H groups in total. The van der Waals surface area contributed by atoms with E-state index in [0.29, 0.717) is 29.2 Å². The van der Waals surface area contributed by atoms with Crippen LogP contribution in [0.3, 0.4) is 0 Å². The summed E-state index contributed by atoms with van der Waals surface area (Å²) in [6.07, 6.45) is 4.30. The molecule has 3 atom stereocenters. The summed E-state index contributed by atoms with van der Waals surface area (Å²) < 4.78 is 11.7. The number of benzene rings is 2. The Morgan fingerprint density at radius 1 is 1.16 bits per heavy atom. The number of hydrogen-bond acceptors (Lipinski definition) is 4. The van der Waals surface area contributed by atoms with Gasteiger partial charge in [0, 0.05) is 12.6 Å². The molecule has 0 radical (unpaired) electrons. The van der Waals surface area contributed by atoms with E-state index in [9.17, 15) is 5.11 Å². The molecule has 0 aliphatic carbocycles. The third-order valence-corrected chi connectivity index (χ3v) is 7.09. The minimum absolute atomic E-state index is 0.0553. The molecule has 0 aromatic heterocycles. The van der Waals surface area contributed by atoms with E-state index >= 15 is 0 Å². The van der Waals surface area contributed by atoms with Crippen LogP contribution in [-0.2, 0) is 17.6 Å². The van der Waals surface area contributed by atoms with E-state index < -0.39 is 6.10 Å². The van der Waals surface area contributed by atoms with Gasteiger partial charge in [0.25, 0.3) is 0 Å². The maximum absolute atomic E-state index is 10.8. The van der Waals surface area contributed by atoms with Crippen molar-refractivity contribution in [3.8, 4) is 5.75 Å². The summed E-state index contributed by atoms with van der Waals surface area (Å²) >= 11 is 12.2. The van der Waals surface area contributed by atoms with Crippen molar-refractivity contribution in [2.75, 3.05) is 26.8 Å². The molecule has 2 aromatic rings. The molecular formula is C26H35Cl2NO3. The van der Waals surface area contributed by atoms with Gasteiger partial charge >= 0.3 is 0 Å². The molecule has 1 heterocycles. The van der Waals surface area contributed by atoms with Gasteiger partial charge in [-0.2, -0.15) is 0 Å². The molecular weight excluding hydrogens is 445 g/mol. The number of likely N-dealkylation sites (tertiary alicyclic amines) is 1. The molecule has 4 nitrogen and oxygen atoms in total. The van der Waals surface area contributed by atoms with Crippen LogP contribution < -0.4 is 4.74 Å². The van der Waals surface area contributed by atoms with Crippen molar-refractivity contribution in [2.24, 2.45) is 0 Å². The number of methoxy groups -OCH3 is 1. The molecule has 0 spiro atoms. The van der Waals surface area contributed by atoms with Gasteiger partial charge < -0.3 is 14.6 Å². The van der Waals surface area contributed by atoms with E-state index in [1.165, 1.54) is 11.1 Å². The average molecular weight is 480 g/mol. The minimum Gasteiger partial charge on any atom is -0.496 e. The van der Waals surface area contributed by atoms with Gasteiger partial charge in [0.15, 0.2) is 0 Å². The van der Waals surface area contributed by atoms with Gasteiger partial charge in [0.05, 0.1) is 36.0 Å². The minimum atomic E-state index is -0.533. The van der Waals surface area contributed by atoms with Crippen molar-refractivity contribution < 1.29 is 14.6 Å². The van der Waals surface area contributed by atoms with Crippen LogP contribution in [0.15, 0.2) is 36.4 Å². The summed E-state index contributed by atoms with van der Waals surface area (Å²) in [5, 5.41) is 11.9. The van der Waals surface area contributed by atoms with E-state index in [-0.39, 0.29) is 6.10 Å². The van der Waals surface area contributed by atoms with Crippen molar-refractivity contribution in [1.82, 2.24) is 4.90 Å². The zero-order valence-electron chi connectivity index (χ0n) is 19.3. The Hall–Kier alpha value is -1.30. The fourth-order valence-corrected chi connectivity index (χ4v) is 5.06. The number of ether oxygens (including phenoxy) is 2. The van der Waals surface area contributed by atoms with E-state index in [0.717, 1.165) is 50.0 Å². The molecule has 1 aliphatic rings. The van der Waals surface area contributed by atoms with Crippen LogP contribution in [0, 0.1) is 0 Å². The molecule has 32 heavy (non-hydrogen) atoms. The first-order valence-corrected chi connectivity index (χ1v) is 12.4. The van der Waals surface area contributed by atoms with Gasteiger partial charge in [-0.15, -0.1) is 0 Å². The van der Waals surface area contributed by atoms with Crippen LogP contribution in [0.2, 0.25) is 10.0 Å². The maximum atomic E-state index is 10.8. The zero-order valence-corrected chi connectivity index (χ0v) is 20.8. The average Bonchev–Trinajstić information content (AvgIpc) is 3.22. The molecule has 6 heteroatoms. The second-order valence-corrected chi connectivity index (χ2v) is 9.32. The van der Waals surface area contributed by atoms with Crippen molar-refractivity contribution in [1.29, 1.82) is 0 Å². The first-order chi connectivity index (χ1) is 15.5. The third-order valence-electron chi connectivity index (χ3n) is 6.35. The Morgan fingerprint density at radius 3 is 2.66 bits per heavy atom. The predicted octanol–water partition coefficient (Wildman–Crippen LogP) is 6.10. The van der Waals surface area contributed by atoms with Crippen molar-refractivity contribution in [3.63, 3.8) is 0 Å². The summed E-state index contributed by atoms with van der Waals surface area (Å²) in [5.74, 6) is 0.898. The summed E-state index contributed by atoms with van der Waals surface area (Å²) in [7, 11) is 1.70. The zero-order chi connectivity index (χ0) is 23.1. The van der Waals surface area contributed by atoms with Crippen LogP contribution in [0.25, 0.3) is 0 Å². The Labute approximate surface area is 202 Å². The number of halogens is 2. The summed E-state index contributed by atoms with van der Waals surface area (Å²) in [4.78, 5) is 2.38. The van der Waals surface area contributed by atoms with Crippen molar-refractivity contribution in [3.05, 3.63) is 63.1 Å². The Balaban J connectivity index is 1.57. The maximum Gasteiger partial charge on any atom is 0.122 e. The van der Waals surface area contributed by atoms with Gasteiger partial charge in [0.1, 0.15) is 5.75 Å². The number of hydrogen-bond donors (Lipinski definition) is 1. The van der Waals surface area contributed by atoms with Crippen LogP contribution in [0.5, 0.6) is 5.75 Å². The Morgan fingerprint density at radius 2 is 1.97 bits per heavy atom. The lowest BCUT2D eigenvalue weighted by atomic mass is 9.98. The number of aliphatic hydroxyl groups excluding tert-OH is 1. The number of rotatable bonds is 11. The molecule has 1 aliphatic heterocycles. The molecule has 1 fully saturated rings.